The zero-order chi connectivity index (χ0) is 8.97. The van der Waals surface area contributed by atoms with Gasteiger partial charge in [0.15, 0.2) is 0 Å². The average Bonchev–Trinajstić information content (AvgIpc) is 2.04. The lowest BCUT2D eigenvalue weighted by Crippen LogP contribution is -2.20. The Kier molecular flexibility index (Phi) is 2.69. The number of hydrogen-bond acceptors (Lipinski definition) is 1. The molecule has 1 rings (SSSR count). The van der Waals surface area contributed by atoms with Crippen molar-refractivity contribution in [2.24, 2.45) is 5.73 Å². The first-order valence-electron chi connectivity index (χ1n) is 3.67. The number of rotatable bonds is 2. The van der Waals surface area contributed by atoms with Crippen LogP contribution in [0.3, 0.4) is 0 Å². The Balaban J connectivity index is 2.89. The Morgan fingerprint density at radius 2 is 2.17 bits per heavy atom. The number of nitrogens with two attached hydrogens (primary N) is 1. The van der Waals surface area contributed by atoms with Crippen molar-refractivity contribution in [2.75, 3.05) is 5.32 Å². The summed E-state index contributed by atoms with van der Waals surface area (Å²) in [6.45, 7) is 3.73. The van der Waals surface area contributed by atoms with Crippen molar-refractivity contribution in [1.29, 1.82) is 0 Å². The van der Waals surface area contributed by atoms with Crippen LogP contribution in [-0.4, -0.2) is 6.03 Å². The molecule has 0 aliphatic carbocycles. The van der Waals surface area contributed by atoms with Gasteiger partial charge in [-0.05, 0) is 25.0 Å². The Labute approximate surface area is 71.6 Å². The van der Waals surface area contributed by atoms with Crippen LogP contribution >= 0.6 is 0 Å². The minimum atomic E-state index is -0.545. The first-order valence-corrected chi connectivity index (χ1v) is 3.67. The fraction of sp³-hybridized carbons (Fsp3) is 0.111. The molecule has 1 radical (unpaired) electrons. The smallest absolute Gasteiger partial charge is 0.316 e. The molecule has 0 aliphatic rings. The summed E-state index contributed by atoms with van der Waals surface area (Å²) in [7, 11) is 0. The lowest BCUT2D eigenvalue weighted by atomic mass is 10.1. The lowest BCUT2D eigenvalue weighted by Gasteiger charge is -2.06. The van der Waals surface area contributed by atoms with Gasteiger partial charge in [-0.2, -0.15) is 0 Å². The highest BCUT2D eigenvalue weighted by molar-refractivity contribution is 5.88. The number of para-hydroxylation sites is 1. The van der Waals surface area contributed by atoms with Gasteiger partial charge in [0.2, 0.25) is 0 Å². The molecule has 0 unspecified atom stereocenters. The van der Waals surface area contributed by atoms with Gasteiger partial charge in [-0.1, -0.05) is 18.2 Å². The third-order valence-electron chi connectivity index (χ3n) is 1.54. The van der Waals surface area contributed by atoms with Gasteiger partial charge in [-0.3, -0.25) is 0 Å². The molecule has 0 spiro atoms. The molecule has 0 fully saturated rings. The Bertz CT molecular complexity index is 284. The van der Waals surface area contributed by atoms with Crippen LogP contribution in [0.4, 0.5) is 10.5 Å². The van der Waals surface area contributed by atoms with E-state index in [1.165, 1.54) is 0 Å². The van der Waals surface area contributed by atoms with Crippen molar-refractivity contribution in [1.82, 2.24) is 0 Å². The van der Waals surface area contributed by atoms with Crippen LogP contribution in [0.15, 0.2) is 24.3 Å². The van der Waals surface area contributed by atoms with Crippen LogP contribution in [0.1, 0.15) is 5.56 Å². The third-order valence-corrected chi connectivity index (χ3v) is 1.54. The van der Waals surface area contributed by atoms with Gasteiger partial charge in [0.1, 0.15) is 0 Å². The van der Waals surface area contributed by atoms with E-state index < -0.39 is 6.03 Å². The molecule has 0 bridgehead atoms. The van der Waals surface area contributed by atoms with Gasteiger partial charge in [0.25, 0.3) is 0 Å². The van der Waals surface area contributed by atoms with E-state index in [1.54, 1.807) is 6.07 Å². The maximum absolute atomic E-state index is 10.5. The van der Waals surface area contributed by atoms with E-state index in [-0.39, 0.29) is 0 Å². The first kappa shape index (κ1) is 8.59. The highest BCUT2D eigenvalue weighted by Gasteiger charge is 1.99. The topological polar surface area (TPSA) is 55.1 Å². The standard InChI is InChI=1S/C9H11N2O/c1-2-7-5-3-4-6-8(7)11-9(10)12/h3-6H,1-2H2,(H3,10,11,12). The maximum Gasteiger partial charge on any atom is 0.316 e. The summed E-state index contributed by atoms with van der Waals surface area (Å²) in [5.41, 5.74) is 6.70. The summed E-state index contributed by atoms with van der Waals surface area (Å²) >= 11 is 0. The lowest BCUT2D eigenvalue weighted by molar-refractivity contribution is 0.259. The first-order chi connectivity index (χ1) is 5.74. The molecule has 1 aromatic carbocycles. The molecule has 0 aromatic heterocycles. The SMILES string of the molecule is [CH2]Cc1ccccc1NC(N)=O. The fourth-order valence-electron chi connectivity index (χ4n) is 0.993. The minimum Gasteiger partial charge on any atom is -0.351 e. The van der Waals surface area contributed by atoms with Gasteiger partial charge in [-0.25, -0.2) is 4.79 Å². The van der Waals surface area contributed by atoms with Crippen LogP contribution in [0.5, 0.6) is 0 Å². The number of hydrogen-bond donors (Lipinski definition) is 2. The van der Waals surface area contributed by atoms with E-state index in [2.05, 4.69) is 12.2 Å². The molecule has 3 heteroatoms. The molecule has 1 aromatic rings. The van der Waals surface area contributed by atoms with E-state index in [0.717, 1.165) is 11.3 Å². The van der Waals surface area contributed by atoms with Gasteiger partial charge in [0, 0.05) is 5.69 Å². The Morgan fingerprint density at radius 1 is 1.50 bits per heavy atom. The number of anilines is 1. The van der Waals surface area contributed by atoms with E-state index in [9.17, 15) is 4.79 Å². The maximum atomic E-state index is 10.5. The predicted octanol–water partition coefficient (Wildman–Crippen LogP) is 1.55. The highest BCUT2D eigenvalue weighted by Crippen LogP contribution is 2.14. The number of nitrogens with one attached hydrogen (secondary N) is 1. The highest BCUT2D eigenvalue weighted by atomic mass is 16.2. The summed E-state index contributed by atoms with van der Waals surface area (Å²) in [6.07, 6.45) is 0.635. The van der Waals surface area contributed by atoms with Crippen molar-refractivity contribution in [3.05, 3.63) is 36.8 Å². The molecule has 63 valence electrons. The second-order valence-corrected chi connectivity index (χ2v) is 2.40. The molecular formula is C9H11N2O. The van der Waals surface area contributed by atoms with Crippen molar-refractivity contribution >= 4 is 11.7 Å². The second-order valence-electron chi connectivity index (χ2n) is 2.40. The number of benzene rings is 1. The zero-order valence-corrected chi connectivity index (χ0v) is 6.71. The molecule has 3 nitrogen and oxygen atoms in total. The number of carbonyl (C=O) groups is 1. The zero-order valence-electron chi connectivity index (χ0n) is 6.71. The molecule has 0 atom stereocenters. The van der Waals surface area contributed by atoms with Crippen molar-refractivity contribution < 1.29 is 4.79 Å². The monoisotopic (exact) mass is 163 g/mol. The van der Waals surface area contributed by atoms with Crippen LogP contribution in [0.2, 0.25) is 0 Å². The average molecular weight is 163 g/mol. The normalized spacial score (nSPS) is 9.42. The molecule has 0 aliphatic heterocycles. The summed E-state index contributed by atoms with van der Waals surface area (Å²) < 4.78 is 0. The Morgan fingerprint density at radius 3 is 2.75 bits per heavy atom. The predicted molar refractivity (Wildman–Crippen MR) is 48.7 cm³/mol. The van der Waals surface area contributed by atoms with Crippen molar-refractivity contribution in [3.8, 4) is 0 Å². The van der Waals surface area contributed by atoms with Crippen LogP contribution in [0.25, 0.3) is 0 Å². The minimum absolute atomic E-state index is 0.545. The van der Waals surface area contributed by atoms with Crippen LogP contribution in [-0.2, 0) is 6.42 Å². The van der Waals surface area contributed by atoms with Gasteiger partial charge < -0.3 is 11.1 Å². The number of primary amides is 1. The van der Waals surface area contributed by atoms with Gasteiger partial charge >= 0.3 is 6.03 Å². The van der Waals surface area contributed by atoms with Gasteiger partial charge in [-0.15, -0.1) is 0 Å². The quantitative estimate of drug-likeness (QED) is 0.682. The third kappa shape index (κ3) is 1.99. The summed E-state index contributed by atoms with van der Waals surface area (Å²) in [6, 6.07) is 6.89. The van der Waals surface area contributed by atoms with Gasteiger partial charge in [0.05, 0.1) is 0 Å². The molecular weight excluding hydrogens is 152 g/mol. The van der Waals surface area contributed by atoms with E-state index in [0.29, 0.717) is 6.42 Å². The number of urea groups is 1. The fourth-order valence-corrected chi connectivity index (χ4v) is 0.993. The summed E-state index contributed by atoms with van der Waals surface area (Å²) in [5.74, 6) is 0. The van der Waals surface area contributed by atoms with Crippen molar-refractivity contribution in [3.63, 3.8) is 0 Å². The molecule has 12 heavy (non-hydrogen) atoms. The van der Waals surface area contributed by atoms with E-state index in [4.69, 9.17) is 5.73 Å². The van der Waals surface area contributed by atoms with Crippen LogP contribution in [0, 0.1) is 6.92 Å². The molecule has 2 amide bonds. The number of amides is 2. The van der Waals surface area contributed by atoms with Crippen molar-refractivity contribution in [2.45, 2.75) is 6.42 Å². The second kappa shape index (κ2) is 3.76. The summed E-state index contributed by atoms with van der Waals surface area (Å²) in [4.78, 5) is 10.5. The number of carbonyl (C=O) groups excluding carboxylic acids is 1. The molecule has 0 saturated carbocycles. The molecule has 3 N–H and O–H groups in total. The van der Waals surface area contributed by atoms with E-state index >= 15 is 0 Å². The molecule has 0 saturated heterocycles. The Hall–Kier alpha value is -1.51. The molecule has 0 heterocycles. The largest absolute Gasteiger partial charge is 0.351 e. The van der Waals surface area contributed by atoms with E-state index in [1.807, 2.05) is 18.2 Å². The summed E-state index contributed by atoms with van der Waals surface area (Å²) in [5, 5.41) is 2.52. The van der Waals surface area contributed by atoms with Crippen LogP contribution < -0.4 is 11.1 Å².